The third-order valence-electron chi connectivity index (χ3n) is 5.55. The van der Waals surface area contributed by atoms with Crippen molar-refractivity contribution in [3.8, 4) is 11.3 Å². The molecule has 0 amide bonds. The Hall–Kier alpha value is -3.14. The first-order valence-electron chi connectivity index (χ1n) is 9.96. The number of carboxylic acids is 1. The molecule has 2 saturated heterocycles. The highest BCUT2D eigenvalue weighted by atomic mass is 19.1. The van der Waals surface area contributed by atoms with Crippen LogP contribution in [0.4, 0.5) is 4.39 Å². The van der Waals surface area contributed by atoms with Gasteiger partial charge in [-0.1, -0.05) is 47.7 Å². The summed E-state index contributed by atoms with van der Waals surface area (Å²) in [4.78, 5) is 11.7. The van der Waals surface area contributed by atoms with E-state index in [9.17, 15) is 14.3 Å². The molecular formula is C22H20FN3O5. The van der Waals surface area contributed by atoms with Crippen LogP contribution < -0.4 is 0 Å². The second kappa shape index (κ2) is 8.18. The number of aliphatic carboxylic acids is 1. The number of ether oxygens (including phenoxy) is 3. The van der Waals surface area contributed by atoms with E-state index in [0.717, 1.165) is 5.56 Å². The number of benzene rings is 2. The van der Waals surface area contributed by atoms with Crippen molar-refractivity contribution < 1.29 is 28.5 Å². The predicted molar refractivity (Wildman–Crippen MR) is 105 cm³/mol. The lowest BCUT2D eigenvalue weighted by Crippen LogP contribution is -2.54. The highest BCUT2D eigenvalue weighted by Crippen LogP contribution is 2.39. The van der Waals surface area contributed by atoms with E-state index in [4.69, 9.17) is 14.2 Å². The Morgan fingerprint density at radius 3 is 2.74 bits per heavy atom. The second-order valence-electron chi connectivity index (χ2n) is 7.58. The summed E-state index contributed by atoms with van der Waals surface area (Å²) >= 11 is 0. The van der Waals surface area contributed by atoms with Gasteiger partial charge in [0, 0.05) is 17.5 Å². The van der Waals surface area contributed by atoms with E-state index in [2.05, 4.69) is 10.3 Å². The molecule has 1 N–H and O–H groups in total. The molecule has 2 aromatic carbocycles. The van der Waals surface area contributed by atoms with E-state index >= 15 is 0 Å². The molecule has 0 bridgehead atoms. The van der Waals surface area contributed by atoms with Crippen molar-refractivity contribution in [2.75, 3.05) is 6.61 Å². The highest BCUT2D eigenvalue weighted by molar-refractivity contribution is 5.72. The first-order chi connectivity index (χ1) is 15.1. The van der Waals surface area contributed by atoms with Crippen LogP contribution in [0.25, 0.3) is 11.3 Å². The summed E-state index contributed by atoms with van der Waals surface area (Å²) in [5.74, 6) is -1.43. The molecule has 0 aliphatic carbocycles. The Kier molecular flexibility index (Phi) is 5.23. The number of aromatic nitrogens is 3. The number of hydrogen-bond donors (Lipinski definition) is 1. The van der Waals surface area contributed by atoms with Gasteiger partial charge in [-0.2, -0.15) is 0 Å². The van der Waals surface area contributed by atoms with Gasteiger partial charge in [-0.25, -0.2) is 13.9 Å². The molecule has 5 atom stereocenters. The quantitative estimate of drug-likeness (QED) is 0.687. The SMILES string of the molecule is O=C(O)C1C[C@@H](n2cc(-c3cccc(F)c3)nn2)[C@H]2OC(c3ccccc3)OC[C@H]2O1. The van der Waals surface area contributed by atoms with Crippen molar-refractivity contribution in [3.05, 3.63) is 72.2 Å². The molecule has 2 fully saturated rings. The fourth-order valence-electron chi connectivity index (χ4n) is 4.04. The molecule has 1 aromatic heterocycles. The smallest absolute Gasteiger partial charge is 0.332 e. The number of halogens is 1. The molecule has 3 aromatic rings. The van der Waals surface area contributed by atoms with Gasteiger partial charge in [0.15, 0.2) is 12.4 Å². The van der Waals surface area contributed by atoms with Gasteiger partial charge in [-0.3, -0.25) is 0 Å². The number of rotatable bonds is 4. The lowest BCUT2D eigenvalue weighted by Gasteiger charge is -2.44. The molecule has 8 nitrogen and oxygen atoms in total. The van der Waals surface area contributed by atoms with Crippen LogP contribution in [0.1, 0.15) is 24.3 Å². The first-order valence-corrected chi connectivity index (χ1v) is 9.96. The van der Waals surface area contributed by atoms with Gasteiger partial charge in [0.2, 0.25) is 0 Å². The van der Waals surface area contributed by atoms with Gasteiger partial charge >= 0.3 is 5.97 Å². The topological polar surface area (TPSA) is 95.7 Å². The van der Waals surface area contributed by atoms with E-state index in [0.29, 0.717) is 11.3 Å². The van der Waals surface area contributed by atoms with Gasteiger partial charge in [-0.05, 0) is 12.1 Å². The monoisotopic (exact) mass is 425 g/mol. The van der Waals surface area contributed by atoms with Gasteiger partial charge in [0.05, 0.1) is 18.8 Å². The number of carboxylic acid groups (broad SMARTS) is 1. The molecule has 160 valence electrons. The standard InChI is InChI=1S/C22H20FN3O5/c23-15-8-4-7-14(9-15)16-11-26(25-24-16)17-10-18(21(27)28)30-19-12-29-22(31-20(17)19)13-5-2-1-3-6-13/h1-9,11,17-20,22H,10,12H2,(H,27,28)/t17-,18?,19-,20-,22?/m1/s1. The van der Waals surface area contributed by atoms with E-state index in [1.165, 1.54) is 12.1 Å². The summed E-state index contributed by atoms with van der Waals surface area (Å²) in [7, 11) is 0. The predicted octanol–water partition coefficient (Wildman–Crippen LogP) is 2.98. The minimum Gasteiger partial charge on any atom is -0.479 e. The molecule has 9 heteroatoms. The van der Waals surface area contributed by atoms with Crippen molar-refractivity contribution in [3.63, 3.8) is 0 Å². The van der Waals surface area contributed by atoms with Crippen LogP contribution >= 0.6 is 0 Å². The van der Waals surface area contributed by atoms with Crippen LogP contribution in [0.15, 0.2) is 60.8 Å². The minimum atomic E-state index is -1.06. The zero-order valence-electron chi connectivity index (χ0n) is 16.4. The van der Waals surface area contributed by atoms with Gasteiger partial charge in [0.25, 0.3) is 0 Å². The van der Waals surface area contributed by atoms with Crippen molar-refractivity contribution in [1.82, 2.24) is 15.0 Å². The maximum absolute atomic E-state index is 13.6. The van der Waals surface area contributed by atoms with E-state index in [1.807, 2.05) is 30.3 Å². The normalized spacial score (nSPS) is 28.1. The molecule has 0 radical (unpaired) electrons. The van der Waals surface area contributed by atoms with Crippen molar-refractivity contribution in [1.29, 1.82) is 0 Å². The van der Waals surface area contributed by atoms with Crippen LogP contribution in [0.5, 0.6) is 0 Å². The van der Waals surface area contributed by atoms with Crippen LogP contribution in [0.3, 0.4) is 0 Å². The molecule has 2 unspecified atom stereocenters. The van der Waals surface area contributed by atoms with E-state index in [-0.39, 0.29) is 18.8 Å². The molecule has 0 spiro atoms. The Labute approximate surface area is 177 Å². The van der Waals surface area contributed by atoms with Crippen LogP contribution in [-0.4, -0.2) is 51.0 Å². The lowest BCUT2D eigenvalue weighted by atomic mass is 9.94. The molecule has 5 rings (SSSR count). The minimum absolute atomic E-state index is 0.157. The number of hydrogen-bond acceptors (Lipinski definition) is 6. The number of fused-ring (bicyclic) bond motifs is 1. The Morgan fingerprint density at radius 1 is 1.13 bits per heavy atom. The first kappa shape index (κ1) is 19.8. The molecular weight excluding hydrogens is 405 g/mol. The summed E-state index contributed by atoms with van der Waals surface area (Å²) < 4.78 is 33.0. The van der Waals surface area contributed by atoms with E-state index < -0.39 is 36.6 Å². The molecule has 31 heavy (non-hydrogen) atoms. The molecule has 0 saturated carbocycles. The summed E-state index contributed by atoms with van der Waals surface area (Å²) in [6, 6.07) is 15.1. The zero-order valence-corrected chi connectivity index (χ0v) is 16.4. The fourth-order valence-corrected chi connectivity index (χ4v) is 4.04. The third kappa shape index (κ3) is 3.95. The third-order valence-corrected chi connectivity index (χ3v) is 5.55. The van der Waals surface area contributed by atoms with Gasteiger partial charge in [-0.15, -0.1) is 5.10 Å². The molecule has 2 aliphatic heterocycles. The van der Waals surface area contributed by atoms with Crippen LogP contribution in [0, 0.1) is 5.82 Å². The Balaban J connectivity index is 1.45. The Bertz CT molecular complexity index is 1080. The lowest BCUT2D eigenvalue weighted by molar-refractivity contribution is -0.298. The van der Waals surface area contributed by atoms with Crippen molar-refractivity contribution in [2.45, 2.75) is 37.1 Å². The second-order valence-corrected chi connectivity index (χ2v) is 7.58. The van der Waals surface area contributed by atoms with E-state index in [1.54, 1.807) is 23.0 Å². The summed E-state index contributed by atoms with van der Waals surface area (Å²) in [5.41, 5.74) is 1.93. The summed E-state index contributed by atoms with van der Waals surface area (Å²) in [5, 5.41) is 17.9. The largest absolute Gasteiger partial charge is 0.479 e. The van der Waals surface area contributed by atoms with Crippen LogP contribution in [0.2, 0.25) is 0 Å². The van der Waals surface area contributed by atoms with Gasteiger partial charge < -0.3 is 19.3 Å². The highest BCUT2D eigenvalue weighted by Gasteiger charge is 2.47. The molecule has 3 heterocycles. The summed E-state index contributed by atoms with van der Waals surface area (Å²) in [6.07, 6.45) is -0.839. The average molecular weight is 425 g/mol. The maximum Gasteiger partial charge on any atom is 0.332 e. The average Bonchev–Trinajstić information content (AvgIpc) is 3.29. The number of carbonyl (C=O) groups is 1. The Morgan fingerprint density at radius 2 is 1.97 bits per heavy atom. The zero-order chi connectivity index (χ0) is 21.4. The van der Waals surface area contributed by atoms with Crippen LogP contribution in [-0.2, 0) is 19.0 Å². The van der Waals surface area contributed by atoms with Gasteiger partial charge in [0.1, 0.15) is 23.7 Å². The summed E-state index contributed by atoms with van der Waals surface area (Å²) in [6.45, 7) is 0.190. The fraction of sp³-hybridized carbons (Fsp3) is 0.318. The van der Waals surface area contributed by atoms with Crippen molar-refractivity contribution in [2.24, 2.45) is 0 Å². The molecule has 2 aliphatic rings. The maximum atomic E-state index is 13.6. The number of nitrogens with zero attached hydrogens (tertiary/aromatic N) is 3. The van der Waals surface area contributed by atoms with Crippen molar-refractivity contribution >= 4 is 5.97 Å².